The first-order valence-corrected chi connectivity index (χ1v) is 9.19. The summed E-state index contributed by atoms with van der Waals surface area (Å²) in [7, 11) is 1.81. The standard InChI is InChI=1S/C19H32FN5.HI/c1-15(2)16(3)23-19(21-4)22-9-10-24-11-13-25(14-12-24)18-7-5-17(20)6-8-18;/h5-8,15-16H,9-14H2,1-4H3,(H2,21,22,23);1H. The van der Waals surface area contributed by atoms with Gasteiger partial charge in [-0.2, -0.15) is 0 Å². The van der Waals surface area contributed by atoms with Crippen LogP contribution in [0.25, 0.3) is 0 Å². The van der Waals surface area contributed by atoms with Crippen LogP contribution in [-0.4, -0.2) is 63.2 Å². The normalized spacial score (nSPS) is 17.0. The molecule has 0 aliphatic carbocycles. The summed E-state index contributed by atoms with van der Waals surface area (Å²) in [6.07, 6.45) is 0. The number of nitrogens with zero attached hydrogens (tertiary/aromatic N) is 3. The Labute approximate surface area is 174 Å². The quantitative estimate of drug-likeness (QED) is 0.376. The molecule has 1 aromatic rings. The third-order valence-corrected chi connectivity index (χ3v) is 4.87. The van der Waals surface area contributed by atoms with Crippen molar-refractivity contribution in [3.05, 3.63) is 30.1 Å². The van der Waals surface area contributed by atoms with E-state index in [0.29, 0.717) is 12.0 Å². The van der Waals surface area contributed by atoms with Gasteiger partial charge >= 0.3 is 0 Å². The first kappa shape index (κ1) is 23.0. The van der Waals surface area contributed by atoms with E-state index in [1.807, 2.05) is 19.2 Å². The van der Waals surface area contributed by atoms with Crippen LogP contribution in [0.3, 0.4) is 0 Å². The van der Waals surface area contributed by atoms with Gasteiger partial charge in [-0.25, -0.2) is 4.39 Å². The zero-order valence-corrected chi connectivity index (χ0v) is 18.7. The van der Waals surface area contributed by atoms with E-state index < -0.39 is 0 Å². The summed E-state index contributed by atoms with van der Waals surface area (Å²) in [4.78, 5) is 9.05. The van der Waals surface area contributed by atoms with Crippen molar-refractivity contribution in [2.75, 3.05) is 51.2 Å². The monoisotopic (exact) mass is 477 g/mol. The fourth-order valence-corrected chi connectivity index (χ4v) is 2.79. The lowest BCUT2D eigenvalue weighted by Gasteiger charge is -2.36. The number of aliphatic imine (C=N–C) groups is 1. The van der Waals surface area contributed by atoms with Gasteiger partial charge < -0.3 is 15.5 Å². The lowest BCUT2D eigenvalue weighted by molar-refractivity contribution is 0.261. The van der Waals surface area contributed by atoms with Crippen LogP contribution < -0.4 is 15.5 Å². The second-order valence-corrected chi connectivity index (χ2v) is 6.98. The first-order chi connectivity index (χ1) is 12.0. The first-order valence-electron chi connectivity index (χ1n) is 9.19. The molecule has 2 N–H and O–H groups in total. The predicted octanol–water partition coefficient (Wildman–Crippen LogP) is 2.78. The molecular formula is C19H33FIN5. The van der Waals surface area contributed by atoms with Gasteiger partial charge in [0, 0.05) is 58.0 Å². The number of halogens is 2. The van der Waals surface area contributed by atoms with Crippen molar-refractivity contribution in [3.8, 4) is 0 Å². The van der Waals surface area contributed by atoms with E-state index in [-0.39, 0.29) is 29.8 Å². The molecule has 1 saturated heterocycles. The minimum Gasteiger partial charge on any atom is -0.369 e. The molecular weight excluding hydrogens is 444 g/mol. The van der Waals surface area contributed by atoms with Crippen molar-refractivity contribution in [3.63, 3.8) is 0 Å². The summed E-state index contributed by atoms with van der Waals surface area (Å²) in [5, 5.41) is 6.81. The Balaban J connectivity index is 0.00000338. The van der Waals surface area contributed by atoms with E-state index in [4.69, 9.17) is 0 Å². The summed E-state index contributed by atoms with van der Waals surface area (Å²) < 4.78 is 13.0. The van der Waals surface area contributed by atoms with Gasteiger partial charge in [-0.05, 0) is 37.1 Å². The lowest BCUT2D eigenvalue weighted by atomic mass is 10.1. The number of rotatable bonds is 6. The van der Waals surface area contributed by atoms with Crippen LogP contribution in [0.1, 0.15) is 20.8 Å². The van der Waals surface area contributed by atoms with E-state index in [2.05, 4.69) is 46.2 Å². The average Bonchev–Trinajstić information content (AvgIpc) is 2.62. The Hall–Kier alpha value is -1.09. The molecule has 26 heavy (non-hydrogen) atoms. The lowest BCUT2D eigenvalue weighted by Crippen LogP contribution is -2.50. The highest BCUT2D eigenvalue weighted by Crippen LogP contribution is 2.16. The minimum atomic E-state index is -0.178. The predicted molar refractivity (Wildman–Crippen MR) is 119 cm³/mol. The number of piperazine rings is 1. The molecule has 0 aromatic heterocycles. The molecule has 7 heteroatoms. The van der Waals surface area contributed by atoms with Crippen LogP contribution in [0.5, 0.6) is 0 Å². The highest BCUT2D eigenvalue weighted by atomic mass is 127. The highest BCUT2D eigenvalue weighted by Gasteiger charge is 2.17. The topological polar surface area (TPSA) is 42.9 Å². The molecule has 1 heterocycles. The fourth-order valence-electron chi connectivity index (χ4n) is 2.79. The number of hydrogen-bond acceptors (Lipinski definition) is 3. The maximum atomic E-state index is 13.0. The largest absolute Gasteiger partial charge is 0.369 e. The smallest absolute Gasteiger partial charge is 0.191 e. The Kier molecular flexibility index (Phi) is 10.2. The molecule has 1 fully saturated rings. The summed E-state index contributed by atoms with van der Waals surface area (Å²) in [6.45, 7) is 12.4. The number of benzene rings is 1. The SMILES string of the molecule is CN=C(NCCN1CCN(c2ccc(F)cc2)CC1)NC(C)C(C)C.I. The van der Waals surface area contributed by atoms with Gasteiger partial charge in [-0.1, -0.05) is 13.8 Å². The molecule has 148 valence electrons. The van der Waals surface area contributed by atoms with Crippen molar-refractivity contribution in [2.45, 2.75) is 26.8 Å². The van der Waals surface area contributed by atoms with E-state index >= 15 is 0 Å². The van der Waals surface area contributed by atoms with E-state index in [1.54, 1.807) is 0 Å². The van der Waals surface area contributed by atoms with Gasteiger partial charge in [0.1, 0.15) is 5.82 Å². The van der Waals surface area contributed by atoms with Crippen molar-refractivity contribution >= 4 is 35.6 Å². The van der Waals surface area contributed by atoms with Crippen LogP contribution in [0.15, 0.2) is 29.3 Å². The highest BCUT2D eigenvalue weighted by molar-refractivity contribution is 14.0. The summed E-state index contributed by atoms with van der Waals surface area (Å²) in [5.74, 6) is 1.26. The number of anilines is 1. The van der Waals surface area contributed by atoms with Gasteiger partial charge in [-0.3, -0.25) is 9.89 Å². The Morgan fingerprint density at radius 3 is 2.27 bits per heavy atom. The molecule has 1 aliphatic heterocycles. The number of guanidine groups is 1. The Morgan fingerprint density at radius 2 is 1.73 bits per heavy atom. The Bertz CT molecular complexity index is 541. The van der Waals surface area contributed by atoms with Gasteiger partial charge in [0.2, 0.25) is 0 Å². The zero-order chi connectivity index (χ0) is 18.2. The van der Waals surface area contributed by atoms with Crippen molar-refractivity contribution in [1.82, 2.24) is 15.5 Å². The fraction of sp³-hybridized carbons (Fsp3) is 0.632. The summed E-state index contributed by atoms with van der Waals surface area (Å²) >= 11 is 0. The maximum Gasteiger partial charge on any atom is 0.191 e. The van der Waals surface area contributed by atoms with E-state index in [9.17, 15) is 4.39 Å². The van der Waals surface area contributed by atoms with E-state index in [1.165, 1.54) is 12.1 Å². The minimum absolute atomic E-state index is 0. The molecule has 1 unspecified atom stereocenters. The number of nitrogens with one attached hydrogen (secondary N) is 2. The average molecular weight is 477 g/mol. The van der Waals surface area contributed by atoms with Crippen LogP contribution in [0.4, 0.5) is 10.1 Å². The van der Waals surface area contributed by atoms with Crippen LogP contribution in [0, 0.1) is 11.7 Å². The third kappa shape index (κ3) is 7.26. The molecule has 0 bridgehead atoms. The Morgan fingerprint density at radius 1 is 1.12 bits per heavy atom. The molecule has 1 aromatic carbocycles. The summed E-state index contributed by atoms with van der Waals surface area (Å²) in [5.41, 5.74) is 1.10. The molecule has 0 saturated carbocycles. The molecule has 5 nitrogen and oxygen atoms in total. The molecule has 2 rings (SSSR count). The molecule has 0 amide bonds. The molecule has 0 spiro atoms. The molecule has 1 aliphatic rings. The van der Waals surface area contributed by atoms with Gasteiger partial charge in [0.05, 0.1) is 0 Å². The van der Waals surface area contributed by atoms with Crippen LogP contribution >= 0.6 is 24.0 Å². The number of hydrogen-bond donors (Lipinski definition) is 2. The van der Waals surface area contributed by atoms with Crippen LogP contribution in [-0.2, 0) is 0 Å². The molecule has 1 atom stereocenters. The van der Waals surface area contributed by atoms with Crippen molar-refractivity contribution < 1.29 is 4.39 Å². The van der Waals surface area contributed by atoms with Crippen molar-refractivity contribution in [2.24, 2.45) is 10.9 Å². The zero-order valence-electron chi connectivity index (χ0n) is 16.3. The molecule has 0 radical (unpaired) electrons. The summed E-state index contributed by atoms with van der Waals surface area (Å²) in [6, 6.07) is 7.17. The van der Waals surface area contributed by atoms with Gasteiger partial charge in [0.25, 0.3) is 0 Å². The van der Waals surface area contributed by atoms with Gasteiger partial charge in [-0.15, -0.1) is 24.0 Å². The second-order valence-electron chi connectivity index (χ2n) is 6.98. The second kappa shape index (κ2) is 11.6. The maximum absolute atomic E-state index is 13.0. The van der Waals surface area contributed by atoms with E-state index in [0.717, 1.165) is 50.9 Å². The third-order valence-electron chi connectivity index (χ3n) is 4.87. The van der Waals surface area contributed by atoms with Gasteiger partial charge in [0.15, 0.2) is 5.96 Å². The van der Waals surface area contributed by atoms with Crippen molar-refractivity contribution in [1.29, 1.82) is 0 Å². The van der Waals surface area contributed by atoms with Crippen LogP contribution in [0.2, 0.25) is 0 Å².